The highest BCUT2D eigenvalue weighted by atomic mass is 16.5. The average molecular weight is 236 g/mol. The normalized spacial score (nSPS) is 11.4. The van der Waals surface area contributed by atoms with Crippen LogP contribution >= 0.6 is 0 Å². The number of nitrogens with two attached hydrogens (primary N) is 1. The molecule has 0 saturated heterocycles. The molecule has 6 heteroatoms. The molecule has 90 valence electrons. The molecule has 0 aliphatic rings. The van der Waals surface area contributed by atoms with E-state index >= 15 is 0 Å². The van der Waals surface area contributed by atoms with Crippen molar-refractivity contribution in [1.29, 1.82) is 0 Å². The number of nitrogens with one attached hydrogen (secondary N) is 1. The Labute approximate surface area is 97.7 Å². The monoisotopic (exact) mass is 236 g/mol. The Kier molecular flexibility index (Phi) is 4.21. The van der Waals surface area contributed by atoms with Crippen molar-refractivity contribution in [3.8, 4) is 0 Å². The van der Waals surface area contributed by atoms with Crippen LogP contribution in [0.2, 0.25) is 0 Å². The number of rotatable bonds is 3. The Morgan fingerprint density at radius 2 is 1.82 bits per heavy atom. The molecular formula is C11H12N2O4. The van der Waals surface area contributed by atoms with E-state index in [0.29, 0.717) is 5.56 Å². The number of benzene rings is 1. The van der Waals surface area contributed by atoms with E-state index in [0.717, 1.165) is 0 Å². The Bertz CT molecular complexity index is 430. The summed E-state index contributed by atoms with van der Waals surface area (Å²) in [5.74, 6) is -1.40. The second kappa shape index (κ2) is 5.64. The lowest BCUT2D eigenvalue weighted by atomic mass is 10.2. The molecule has 0 aliphatic heterocycles. The summed E-state index contributed by atoms with van der Waals surface area (Å²) in [7, 11) is 0. The molecule has 1 atom stereocenters. The third-order valence-electron chi connectivity index (χ3n) is 1.91. The lowest BCUT2D eigenvalue weighted by molar-refractivity contribution is -0.127. The minimum absolute atomic E-state index is 0.325. The molecule has 3 N–H and O–H groups in total. The van der Waals surface area contributed by atoms with Crippen LogP contribution in [0.4, 0.5) is 4.79 Å². The molecule has 1 aromatic carbocycles. The number of amides is 3. The van der Waals surface area contributed by atoms with E-state index in [2.05, 4.69) is 0 Å². The SMILES string of the molecule is C[C@@H](OC(=O)c1ccccc1)C(=O)NC(N)=O. The number of primary amides is 1. The Morgan fingerprint density at radius 3 is 2.35 bits per heavy atom. The van der Waals surface area contributed by atoms with E-state index in [4.69, 9.17) is 10.5 Å². The summed E-state index contributed by atoms with van der Waals surface area (Å²) in [6, 6.07) is 7.22. The summed E-state index contributed by atoms with van der Waals surface area (Å²) in [6.45, 7) is 1.35. The summed E-state index contributed by atoms with van der Waals surface area (Å²) in [4.78, 5) is 33.2. The van der Waals surface area contributed by atoms with Crippen LogP contribution in [0.1, 0.15) is 17.3 Å². The predicted octanol–water partition coefficient (Wildman–Crippen LogP) is 0.427. The van der Waals surface area contributed by atoms with Crippen LogP contribution in [-0.4, -0.2) is 24.0 Å². The van der Waals surface area contributed by atoms with Crippen molar-refractivity contribution in [2.75, 3.05) is 0 Å². The molecule has 6 nitrogen and oxygen atoms in total. The smallest absolute Gasteiger partial charge is 0.338 e. The molecule has 0 aliphatic carbocycles. The lowest BCUT2D eigenvalue weighted by Gasteiger charge is -2.11. The van der Waals surface area contributed by atoms with E-state index < -0.39 is 24.0 Å². The molecule has 3 amide bonds. The van der Waals surface area contributed by atoms with Gasteiger partial charge in [0, 0.05) is 0 Å². The van der Waals surface area contributed by atoms with E-state index in [1.807, 2.05) is 5.32 Å². The molecule has 0 spiro atoms. The van der Waals surface area contributed by atoms with E-state index in [1.54, 1.807) is 30.3 Å². The van der Waals surface area contributed by atoms with Gasteiger partial charge >= 0.3 is 12.0 Å². The summed E-state index contributed by atoms with van der Waals surface area (Å²) in [5.41, 5.74) is 5.09. The summed E-state index contributed by atoms with van der Waals surface area (Å²) in [5, 5.41) is 1.82. The van der Waals surface area contributed by atoms with Gasteiger partial charge in [-0.1, -0.05) is 18.2 Å². The van der Waals surface area contributed by atoms with Gasteiger partial charge in [0.05, 0.1) is 5.56 Å². The van der Waals surface area contributed by atoms with Crippen molar-refractivity contribution < 1.29 is 19.1 Å². The number of ether oxygens (including phenoxy) is 1. The van der Waals surface area contributed by atoms with Gasteiger partial charge in [-0.3, -0.25) is 10.1 Å². The lowest BCUT2D eigenvalue weighted by Crippen LogP contribution is -2.42. The predicted molar refractivity (Wildman–Crippen MR) is 59.0 cm³/mol. The number of carbonyl (C=O) groups is 3. The van der Waals surface area contributed by atoms with Crippen LogP contribution in [0.5, 0.6) is 0 Å². The number of urea groups is 1. The maximum Gasteiger partial charge on any atom is 0.338 e. The summed E-state index contributed by atoms with van der Waals surface area (Å²) < 4.78 is 4.84. The first kappa shape index (κ1) is 12.7. The second-order valence-electron chi connectivity index (χ2n) is 3.27. The first-order valence-electron chi connectivity index (χ1n) is 4.87. The first-order valence-corrected chi connectivity index (χ1v) is 4.87. The van der Waals surface area contributed by atoms with Crippen molar-refractivity contribution in [2.45, 2.75) is 13.0 Å². The topological polar surface area (TPSA) is 98.5 Å². The molecule has 0 bridgehead atoms. The molecule has 0 saturated carbocycles. The number of imide groups is 1. The molecule has 17 heavy (non-hydrogen) atoms. The third kappa shape index (κ3) is 3.94. The standard InChI is InChI=1S/C11H12N2O4/c1-7(9(14)13-11(12)16)17-10(15)8-5-3-2-4-6-8/h2-7H,1H3,(H3,12,13,14,16)/t7-/m1/s1. The molecule has 0 unspecified atom stereocenters. The average Bonchev–Trinajstić information content (AvgIpc) is 2.29. The Balaban J connectivity index is 2.57. The van der Waals surface area contributed by atoms with E-state index in [-0.39, 0.29) is 0 Å². The van der Waals surface area contributed by atoms with Gasteiger partial charge in [-0.25, -0.2) is 9.59 Å². The van der Waals surface area contributed by atoms with Gasteiger partial charge in [-0.15, -0.1) is 0 Å². The highest BCUT2D eigenvalue weighted by Crippen LogP contribution is 2.03. The van der Waals surface area contributed by atoms with E-state index in [1.165, 1.54) is 6.92 Å². The summed E-state index contributed by atoms with van der Waals surface area (Å²) >= 11 is 0. The van der Waals surface area contributed by atoms with Crippen LogP contribution in [0.15, 0.2) is 30.3 Å². The highest BCUT2D eigenvalue weighted by molar-refractivity contribution is 5.97. The van der Waals surface area contributed by atoms with Crippen LogP contribution < -0.4 is 11.1 Å². The van der Waals surface area contributed by atoms with Crippen molar-refractivity contribution in [1.82, 2.24) is 5.32 Å². The fourth-order valence-corrected chi connectivity index (χ4v) is 1.08. The van der Waals surface area contributed by atoms with Gasteiger partial charge in [-0.2, -0.15) is 0 Å². The largest absolute Gasteiger partial charge is 0.449 e. The minimum Gasteiger partial charge on any atom is -0.449 e. The molecule has 0 fully saturated rings. The van der Waals surface area contributed by atoms with Crippen molar-refractivity contribution in [3.63, 3.8) is 0 Å². The molecule has 0 heterocycles. The maximum absolute atomic E-state index is 11.5. The highest BCUT2D eigenvalue weighted by Gasteiger charge is 2.19. The second-order valence-corrected chi connectivity index (χ2v) is 3.27. The number of carbonyl (C=O) groups excluding carboxylic acids is 3. The minimum atomic E-state index is -1.09. The van der Waals surface area contributed by atoms with Crippen molar-refractivity contribution >= 4 is 17.9 Å². The molecular weight excluding hydrogens is 224 g/mol. The molecule has 1 aromatic rings. The fourth-order valence-electron chi connectivity index (χ4n) is 1.08. The summed E-state index contributed by atoms with van der Waals surface area (Å²) in [6.07, 6.45) is -1.09. The maximum atomic E-state index is 11.5. The van der Waals surface area contributed by atoms with Gasteiger partial charge < -0.3 is 10.5 Å². The van der Waals surface area contributed by atoms with Crippen molar-refractivity contribution in [2.24, 2.45) is 5.73 Å². The fraction of sp³-hybridized carbons (Fsp3) is 0.182. The van der Waals surface area contributed by atoms with Crippen molar-refractivity contribution in [3.05, 3.63) is 35.9 Å². The van der Waals surface area contributed by atoms with Crippen LogP contribution in [-0.2, 0) is 9.53 Å². The molecule has 0 radical (unpaired) electrons. The third-order valence-corrected chi connectivity index (χ3v) is 1.91. The molecule has 0 aromatic heterocycles. The quantitative estimate of drug-likeness (QED) is 0.743. The zero-order valence-corrected chi connectivity index (χ0v) is 9.17. The van der Waals surface area contributed by atoms with Crippen LogP contribution in [0.25, 0.3) is 0 Å². The zero-order chi connectivity index (χ0) is 12.8. The van der Waals surface area contributed by atoms with Gasteiger partial charge in [-0.05, 0) is 19.1 Å². The van der Waals surface area contributed by atoms with Gasteiger partial charge in [0.25, 0.3) is 5.91 Å². The first-order chi connectivity index (χ1) is 8.00. The number of hydrogen-bond acceptors (Lipinski definition) is 4. The van der Waals surface area contributed by atoms with Gasteiger partial charge in [0.15, 0.2) is 6.10 Å². The van der Waals surface area contributed by atoms with Gasteiger partial charge in [0.1, 0.15) is 0 Å². The zero-order valence-electron chi connectivity index (χ0n) is 9.17. The Morgan fingerprint density at radius 1 is 1.24 bits per heavy atom. The number of esters is 1. The van der Waals surface area contributed by atoms with Gasteiger partial charge in [0.2, 0.25) is 0 Å². The van der Waals surface area contributed by atoms with Crippen LogP contribution in [0, 0.1) is 0 Å². The number of hydrogen-bond donors (Lipinski definition) is 2. The Hall–Kier alpha value is -2.37. The van der Waals surface area contributed by atoms with Crippen LogP contribution in [0.3, 0.4) is 0 Å². The molecule has 1 rings (SSSR count). The van der Waals surface area contributed by atoms with E-state index in [9.17, 15) is 14.4 Å².